The highest BCUT2D eigenvalue weighted by molar-refractivity contribution is 5.75. The van der Waals surface area contributed by atoms with Crippen LogP contribution in [0.1, 0.15) is 89.9 Å². The van der Waals surface area contributed by atoms with Crippen LogP contribution >= 0.6 is 0 Å². The van der Waals surface area contributed by atoms with E-state index < -0.39 is 0 Å². The Balaban J connectivity index is 1.64. The number of hydrogen-bond acceptors (Lipinski definition) is 4. The van der Waals surface area contributed by atoms with Crippen LogP contribution in [0.2, 0.25) is 0 Å². The maximum absolute atomic E-state index is 7.53. The lowest BCUT2D eigenvalue weighted by molar-refractivity contribution is 0.0551. The molecule has 0 aromatic heterocycles. The van der Waals surface area contributed by atoms with E-state index in [1.54, 1.807) is 0 Å². The maximum Gasteiger partial charge on any atom is 0.185 e. The Morgan fingerprint density at radius 2 is 0.905 bits per heavy atom. The summed E-state index contributed by atoms with van der Waals surface area (Å²) >= 11 is 0. The summed E-state index contributed by atoms with van der Waals surface area (Å²) in [6.07, 6.45) is 17.1. The van der Waals surface area contributed by atoms with Crippen molar-refractivity contribution in [1.82, 2.24) is 16.0 Å². The zero-order valence-electron chi connectivity index (χ0n) is 25.7. The molecule has 0 amide bonds. The van der Waals surface area contributed by atoms with Crippen LogP contribution in [0.3, 0.4) is 0 Å². The highest BCUT2D eigenvalue weighted by atomic mass is 15.0. The van der Waals surface area contributed by atoms with E-state index in [2.05, 4.69) is 20.9 Å². The Kier molecular flexibility index (Phi) is 13.8. The first kappa shape index (κ1) is 33.6. The summed E-state index contributed by atoms with van der Waals surface area (Å²) in [5.41, 5.74) is 27.9. The number of nitrogens with zero attached hydrogens (tertiary/aromatic N) is 1. The van der Waals surface area contributed by atoms with Gasteiger partial charge in [0.2, 0.25) is 0 Å². The van der Waals surface area contributed by atoms with Crippen molar-refractivity contribution in [3.05, 3.63) is 0 Å². The molecule has 7 unspecified atom stereocenters. The first-order chi connectivity index (χ1) is 20.1. The number of hydrogen-bond donors (Lipinski definition) is 11. The molecule has 0 radical (unpaired) electrons. The van der Waals surface area contributed by atoms with Crippen molar-refractivity contribution in [3.63, 3.8) is 0 Å². The molecule has 0 bridgehead atoms. The zero-order valence-corrected chi connectivity index (χ0v) is 25.7. The molecule has 12 nitrogen and oxygen atoms in total. The zero-order chi connectivity index (χ0) is 30.5. The molecule has 240 valence electrons. The van der Waals surface area contributed by atoms with E-state index in [-0.39, 0.29) is 23.8 Å². The summed E-state index contributed by atoms with van der Waals surface area (Å²) in [6, 6.07) is 0. The number of guanidine groups is 4. The molecule has 0 aromatic carbocycles. The maximum atomic E-state index is 7.53. The van der Waals surface area contributed by atoms with Crippen LogP contribution in [-0.2, 0) is 0 Å². The van der Waals surface area contributed by atoms with Gasteiger partial charge in [-0.3, -0.25) is 21.2 Å². The van der Waals surface area contributed by atoms with Crippen LogP contribution in [0.25, 0.3) is 0 Å². The Labute approximate surface area is 253 Å². The normalized spacial score (nSPS) is 31.4. The van der Waals surface area contributed by atoms with E-state index in [0.29, 0.717) is 30.2 Å². The highest BCUT2D eigenvalue weighted by Gasteiger charge is 2.39. The fourth-order valence-electron chi connectivity index (χ4n) is 8.68. The van der Waals surface area contributed by atoms with Crippen molar-refractivity contribution in [1.29, 1.82) is 16.2 Å². The van der Waals surface area contributed by atoms with Crippen molar-refractivity contribution < 1.29 is 0 Å². The van der Waals surface area contributed by atoms with Crippen molar-refractivity contribution in [3.8, 4) is 0 Å². The van der Waals surface area contributed by atoms with E-state index in [0.717, 1.165) is 69.0 Å². The van der Waals surface area contributed by atoms with Gasteiger partial charge in [0.05, 0.1) is 0 Å². The fraction of sp³-hybridized carbons (Fsp3) is 0.867. The molecule has 0 saturated heterocycles. The first-order valence-corrected chi connectivity index (χ1v) is 16.4. The van der Waals surface area contributed by atoms with Crippen molar-refractivity contribution >= 4 is 23.8 Å². The Morgan fingerprint density at radius 3 is 1.26 bits per heavy atom. The van der Waals surface area contributed by atoms with Crippen LogP contribution in [0.15, 0.2) is 4.99 Å². The Hall–Kier alpha value is -2.92. The molecule has 0 aromatic rings. The minimum atomic E-state index is 0.0548. The Morgan fingerprint density at radius 1 is 0.524 bits per heavy atom. The van der Waals surface area contributed by atoms with E-state index >= 15 is 0 Å². The molecule has 0 spiro atoms. The lowest BCUT2D eigenvalue weighted by Crippen LogP contribution is -2.38. The van der Waals surface area contributed by atoms with Gasteiger partial charge in [0.1, 0.15) is 0 Å². The molecule has 42 heavy (non-hydrogen) atoms. The molecule has 3 saturated carbocycles. The van der Waals surface area contributed by atoms with E-state index in [1.165, 1.54) is 64.2 Å². The summed E-state index contributed by atoms with van der Waals surface area (Å²) < 4.78 is 0. The number of nitrogens with two attached hydrogens (primary N) is 5. The lowest BCUT2D eigenvalue weighted by atomic mass is 9.60. The second-order valence-electron chi connectivity index (χ2n) is 13.6. The van der Waals surface area contributed by atoms with Crippen molar-refractivity contribution in [2.75, 3.05) is 26.2 Å². The average Bonchev–Trinajstić information content (AvgIpc) is 2.92. The van der Waals surface area contributed by atoms with Gasteiger partial charge in [-0.2, -0.15) is 0 Å². The predicted molar refractivity (Wildman–Crippen MR) is 173 cm³/mol. The highest BCUT2D eigenvalue weighted by Crippen LogP contribution is 2.50. The van der Waals surface area contributed by atoms with E-state index in [1.807, 2.05) is 0 Å². The van der Waals surface area contributed by atoms with Crippen molar-refractivity contribution in [2.45, 2.75) is 89.9 Å². The molecule has 3 rings (SSSR count). The molecular weight excluding hydrogens is 528 g/mol. The number of aliphatic imine (C=N–C) groups is 1. The molecule has 0 heterocycles. The minimum Gasteiger partial charge on any atom is -0.370 e. The fourth-order valence-corrected chi connectivity index (χ4v) is 8.68. The number of rotatable bonds is 14. The topological polar surface area (TPSA) is 250 Å². The molecule has 3 aliphatic rings. The van der Waals surface area contributed by atoms with Gasteiger partial charge in [0.15, 0.2) is 23.8 Å². The van der Waals surface area contributed by atoms with Gasteiger partial charge in [-0.15, -0.1) is 0 Å². The molecule has 0 aliphatic heterocycles. The summed E-state index contributed by atoms with van der Waals surface area (Å²) in [7, 11) is 0. The third kappa shape index (κ3) is 12.1. The van der Waals surface area contributed by atoms with Gasteiger partial charge >= 0.3 is 0 Å². The van der Waals surface area contributed by atoms with Crippen LogP contribution in [0.5, 0.6) is 0 Å². The average molecular weight is 589 g/mol. The molecule has 3 fully saturated rings. The molecule has 3 aliphatic carbocycles. The second-order valence-corrected chi connectivity index (χ2v) is 13.6. The minimum absolute atomic E-state index is 0.0548. The van der Waals surface area contributed by atoms with Gasteiger partial charge in [0.25, 0.3) is 0 Å². The quantitative estimate of drug-likeness (QED) is 0.106. The third-order valence-corrected chi connectivity index (χ3v) is 10.4. The van der Waals surface area contributed by atoms with E-state index in [4.69, 9.17) is 44.9 Å². The molecule has 12 heteroatoms. The second kappa shape index (κ2) is 17.3. The van der Waals surface area contributed by atoms with Gasteiger partial charge in [-0.25, -0.2) is 0 Å². The summed E-state index contributed by atoms with van der Waals surface area (Å²) in [5, 5.41) is 31.7. The monoisotopic (exact) mass is 589 g/mol. The van der Waals surface area contributed by atoms with E-state index in [9.17, 15) is 0 Å². The largest absolute Gasteiger partial charge is 0.370 e. The van der Waals surface area contributed by atoms with Crippen LogP contribution in [0.4, 0.5) is 0 Å². The summed E-state index contributed by atoms with van der Waals surface area (Å²) in [5.74, 6) is 5.94. The van der Waals surface area contributed by atoms with Crippen LogP contribution in [0, 0.1) is 63.6 Å². The third-order valence-electron chi connectivity index (χ3n) is 10.4. The van der Waals surface area contributed by atoms with Crippen molar-refractivity contribution in [2.24, 2.45) is 81.0 Å². The smallest absolute Gasteiger partial charge is 0.185 e. The van der Waals surface area contributed by atoms with Gasteiger partial charge in [-0.1, -0.05) is 19.3 Å². The standard InChI is InChI=1S/C30H60N12/c31-27(32)39-8-4-19-12-20(5-9-40-28(33)34)15-25(14-19)23-2-1-3-24(18-23)26-16-21(6-10-41-29(35)36)13-22(17-26)7-11-42-30(37)38/h19-26H,1-18H2,(H4,31,32,39)(H4,33,34,40)(H4,35,36,41)(H4,37,38,42). The van der Waals surface area contributed by atoms with Crippen LogP contribution < -0.4 is 44.6 Å². The lowest BCUT2D eigenvalue weighted by Gasteiger charge is -2.45. The summed E-state index contributed by atoms with van der Waals surface area (Å²) in [4.78, 5) is 4.28. The Bertz CT molecular complexity index is 860. The molecular formula is C30H60N12. The first-order valence-electron chi connectivity index (χ1n) is 16.4. The SMILES string of the molecule is N=C(N)NCCC1CC(CCN=C(N)N)CC(C2CCCC(C3CC(CCNC(=N)N)CC(CCNC(=N)N)C3)C2)C1. The van der Waals surface area contributed by atoms with Gasteiger partial charge < -0.3 is 44.6 Å². The van der Waals surface area contributed by atoms with Gasteiger partial charge in [-0.05, 0) is 118 Å². The summed E-state index contributed by atoms with van der Waals surface area (Å²) in [6.45, 7) is 3.00. The molecule has 16 N–H and O–H groups in total. The van der Waals surface area contributed by atoms with Gasteiger partial charge in [0, 0.05) is 26.2 Å². The van der Waals surface area contributed by atoms with Crippen LogP contribution in [-0.4, -0.2) is 50.0 Å². The molecule has 7 atom stereocenters. The number of nitrogens with one attached hydrogen (secondary N) is 6. The predicted octanol–water partition coefficient (Wildman–Crippen LogP) is 2.14.